The summed E-state index contributed by atoms with van der Waals surface area (Å²) in [5, 5.41) is 0. The van der Waals surface area contributed by atoms with Gasteiger partial charge in [0.2, 0.25) is 5.91 Å². The van der Waals surface area contributed by atoms with E-state index in [2.05, 4.69) is 20.8 Å². The van der Waals surface area contributed by atoms with Crippen molar-refractivity contribution in [2.45, 2.75) is 6.42 Å². The van der Waals surface area contributed by atoms with Crippen LogP contribution in [0.4, 0.5) is 11.4 Å². The number of carbonyl (C=O) groups is 1. The van der Waals surface area contributed by atoms with E-state index < -0.39 is 0 Å². The van der Waals surface area contributed by atoms with Crippen molar-refractivity contribution in [2.24, 2.45) is 11.7 Å². The minimum absolute atomic E-state index is 0.0571. The van der Waals surface area contributed by atoms with Crippen LogP contribution in [0.25, 0.3) is 0 Å². The van der Waals surface area contributed by atoms with Crippen LogP contribution in [-0.2, 0) is 4.79 Å². The first-order chi connectivity index (χ1) is 7.58. The highest BCUT2D eigenvalue weighted by molar-refractivity contribution is 9.10. The molecule has 5 heteroatoms. The summed E-state index contributed by atoms with van der Waals surface area (Å²) in [5.41, 5.74) is 12.9. The predicted octanol–water partition coefficient (Wildman–Crippen LogP) is 1.34. The minimum Gasteiger partial charge on any atom is -0.397 e. The van der Waals surface area contributed by atoms with E-state index in [4.69, 9.17) is 11.5 Å². The molecule has 1 aliphatic heterocycles. The van der Waals surface area contributed by atoms with Crippen molar-refractivity contribution in [2.75, 3.05) is 23.7 Å². The Labute approximate surface area is 103 Å². The minimum atomic E-state index is -0.226. The summed E-state index contributed by atoms with van der Waals surface area (Å²) in [6, 6.07) is 5.73. The number of rotatable bonds is 2. The molecular formula is C11H14BrN3O. The number of anilines is 2. The number of benzene rings is 1. The Morgan fingerprint density at radius 3 is 2.88 bits per heavy atom. The smallest absolute Gasteiger partial charge is 0.222 e. The lowest BCUT2D eigenvalue weighted by molar-refractivity contribution is -0.121. The SMILES string of the molecule is NC(=O)C1CCN(c2cc(Br)ccc2N)C1. The molecule has 1 unspecified atom stereocenters. The van der Waals surface area contributed by atoms with Crippen molar-refractivity contribution < 1.29 is 4.79 Å². The van der Waals surface area contributed by atoms with Crippen molar-refractivity contribution in [1.29, 1.82) is 0 Å². The molecule has 86 valence electrons. The fraction of sp³-hybridized carbons (Fsp3) is 0.364. The van der Waals surface area contributed by atoms with Crippen LogP contribution < -0.4 is 16.4 Å². The standard InChI is InChI=1S/C11H14BrN3O/c12-8-1-2-9(13)10(5-8)15-4-3-7(6-15)11(14)16/h1-2,5,7H,3-4,6,13H2,(H2,14,16). The Kier molecular flexibility index (Phi) is 3.05. The van der Waals surface area contributed by atoms with Crippen LogP contribution in [0.3, 0.4) is 0 Å². The van der Waals surface area contributed by atoms with E-state index in [1.165, 1.54) is 0 Å². The van der Waals surface area contributed by atoms with Gasteiger partial charge in [-0.05, 0) is 24.6 Å². The first-order valence-electron chi connectivity index (χ1n) is 5.17. The highest BCUT2D eigenvalue weighted by atomic mass is 79.9. The summed E-state index contributed by atoms with van der Waals surface area (Å²) in [4.78, 5) is 13.2. The van der Waals surface area contributed by atoms with Gasteiger partial charge in [0.05, 0.1) is 17.3 Å². The molecule has 1 aromatic rings. The largest absolute Gasteiger partial charge is 0.397 e. The molecule has 1 amide bonds. The first-order valence-corrected chi connectivity index (χ1v) is 5.96. The number of hydrogen-bond acceptors (Lipinski definition) is 3. The molecule has 1 heterocycles. The van der Waals surface area contributed by atoms with Gasteiger partial charge in [0.15, 0.2) is 0 Å². The van der Waals surface area contributed by atoms with Gasteiger partial charge in [-0.1, -0.05) is 15.9 Å². The second-order valence-electron chi connectivity index (χ2n) is 4.04. The molecule has 0 saturated carbocycles. The summed E-state index contributed by atoms with van der Waals surface area (Å²) in [5.74, 6) is -0.283. The molecule has 0 bridgehead atoms. The van der Waals surface area contributed by atoms with Gasteiger partial charge in [-0.2, -0.15) is 0 Å². The lowest BCUT2D eigenvalue weighted by Crippen LogP contribution is -2.27. The van der Waals surface area contributed by atoms with E-state index in [-0.39, 0.29) is 11.8 Å². The Morgan fingerprint density at radius 2 is 2.25 bits per heavy atom. The fourth-order valence-corrected chi connectivity index (χ4v) is 2.35. The lowest BCUT2D eigenvalue weighted by atomic mass is 10.1. The average Bonchev–Trinajstić information content (AvgIpc) is 2.70. The molecular weight excluding hydrogens is 270 g/mol. The Morgan fingerprint density at radius 1 is 1.50 bits per heavy atom. The third kappa shape index (κ3) is 2.14. The molecule has 0 aromatic heterocycles. The van der Waals surface area contributed by atoms with Crippen LogP contribution >= 0.6 is 15.9 Å². The quantitative estimate of drug-likeness (QED) is 0.805. The van der Waals surface area contributed by atoms with Gasteiger partial charge in [0.25, 0.3) is 0 Å². The second-order valence-corrected chi connectivity index (χ2v) is 4.95. The monoisotopic (exact) mass is 283 g/mol. The van der Waals surface area contributed by atoms with Crippen molar-refractivity contribution in [3.05, 3.63) is 22.7 Å². The molecule has 1 saturated heterocycles. The maximum atomic E-state index is 11.1. The number of hydrogen-bond donors (Lipinski definition) is 2. The van der Waals surface area contributed by atoms with E-state index in [0.717, 1.165) is 28.8 Å². The average molecular weight is 284 g/mol. The van der Waals surface area contributed by atoms with E-state index in [0.29, 0.717) is 6.54 Å². The van der Waals surface area contributed by atoms with Crippen molar-refractivity contribution in [1.82, 2.24) is 0 Å². The van der Waals surface area contributed by atoms with Gasteiger partial charge in [-0.3, -0.25) is 4.79 Å². The summed E-state index contributed by atoms with van der Waals surface area (Å²) >= 11 is 3.41. The zero-order chi connectivity index (χ0) is 11.7. The van der Waals surface area contributed by atoms with Crippen LogP contribution in [0.2, 0.25) is 0 Å². The number of halogens is 1. The Bertz CT molecular complexity index is 422. The van der Waals surface area contributed by atoms with Crippen molar-refractivity contribution in [3.63, 3.8) is 0 Å². The van der Waals surface area contributed by atoms with Crippen LogP contribution in [-0.4, -0.2) is 19.0 Å². The Balaban J connectivity index is 2.20. The van der Waals surface area contributed by atoms with Gasteiger partial charge < -0.3 is 16.4 Å². The third-order valence-electron chi connectivity index (χ3n) is 2.92. The zero-order valence-corrected chi connectivity index (χ0v) is 10.4. The van der Waals surface area contributed by atoms with E-state index in [1.54, 1.807) is 0 Å². The summed E-state index contributed by atoms with van der Waals surface area (Å²) in [6.07, 6.45) is 0.807. The number of carbonyl (C=O) groups excluding carboxylic acids is 1. The highest BCUT2D eigenvalue weighted by Gasteiger charge is 2.27. The molecule has 1 aromatic carbocycles. The van der Waals surface area contributed by atoms with Gasteiger partial charge in [0.1, 0.15) is 0 Å². The van der Waals surface area contributed by atoms with Crippen molar-refractivity contribution in [3.8, 4) is 0 Å². The van der Waals surface area contributed by atoms with Crippen LogP contribution in [0.1, 0.15) is 6.42 Å². The maximum absolute atomic E-state index is 11.1. The molecule has 16 heavy (non-hydrogen) atoms. The third-order valence-corrected chi connectivity index (χ3v) is 3.42. The van der Waals surface area contributed by atoms with Gasteiger partial charge in [-0.15, -0.1) is 0 Å². The number of nitrogens with two attached hydrogens (primary N) is 2. The Hall–Kier alpha value is -1.23. The molecule has 1 atom stereocenters. The summed E-state index contributed by atoms with van der Waals surface area (Å²) < 4.78 is 0.985. The number of amides is 1. The molecule has 0 radical (unpaired) electrons. The molecule has 4 nitrogen and oxygen atoms in total. The van der Waals surface area contributed by atoms with E-state index in [9.17, 15) is 4.79 Å². The maximum Gasteiger partial charge on any atom is 0.222 e. The topological polar surface area (TPSA) is 72.4 Å². The summed E-state index contributed by atoms with van der Waals surface area (Å²) in [7, 11) is 0. The van der Waals surface area contributed by atoms with Crippen LogP contribution in [0.15, 0.2) is 22.7 Å². The van der Waals surface area contributed by atoms with E-state index >= 15 is 0 Å². The summed E-state index contributed by atoms with van der Waals surface area (Å²) in [6.45, 7) is 1.49. The number of nitrogens with zero attached hydrogens (tertiary/aromatic N) is 1. The van der Waals surface area contributed by atoms with Gasteiger partial charge in [-0.25, -0.2) is 0 Å². The zero-order valence-electron chi connectivity index (χ0n) is 8.82. The van der Waals surface area contributed by atoms with E-state index in [1.807, 2.05) is 18.2 Å². The van der Waals surface area contributed by atoms with Gasteiger partial charge >= 0.3 is 0 Å². The van der Waals surface area contributed by atoms with Gasteiger partial charge in [0, 0.05) is 17.6 Å². The number of nitrogen functional groups attached to an aromatic ring is 1. The molecule has 0 spiro atoms. The molecule has 4 N–H and O–H groups in total. The predicted molar refractivity (Wildman–Crippen MR) is 68.1 cm³/mol. The molecule has 1 fully saturated rings. The molecule has 0 aliphatic carbocycles. The lowest BCUT2D eigenvalue weighted by Gasteiger charge is -2.20. The van der Waals surface area contributed by atoms with Crippen LogP contribution in [0, 0.1) is 5.92 Å². The molecule has 1 aliphatic rings. The fourth-order valence-electron chi connectivity index (χ4n) is 2.00. The van der Waals surface area contributed by atoms with Crippen molar-refractivity contribution >= 4 is 33.2 Å². The van der Waals surface area contributed by atoms with Crippen LogP contribution in [0.5, 0.6) is 0 Å². The first kappa shape index (κ1) is 11.3. The number of primary amides is 1. The highest BCUT2D eigenvalue weighted by Crippen LogP contribution is 2.31. The molecule has 2 rings (SSSR count). The second kappa shape index (κ2) is 4.33. The normalized spacial score (nSPS) is 20.1.